The molecule has 2 rings (SSSR count). The third-order valence-corrected chi connectivity index (χ3v) is 2.79. The maximum atomic E-state index is 11.0. The van der Waals surface area contributed by atoms with Crippen molar-refractivity contribution in [2.24, 2.45) is 5.10 Å². The third kappa shape index (κ3) is 1.77. The van der Waals surface area contributed by atoms with Crippen molar-refractivity contribution in [1.82, 2.24) is 10.4 Å². The zero-order chi connectivity index (χ0) is 9.97. The Morgan fingerprint density at radius 1 is 1.43 bits per heavy atom. The maximum absolute atomic E-state index is 11.0. The zero-order valence-corrected chi connectivity index (χ0v) is 8.41. The molecule has 72 valence electrons. The van der Waals surface area contributed by atoms with Crippen LogP contribution in [0.15, 0.2) is 29.6 Å². The standard InChI is InChI=1S/C9H9N3OS/c1-6-8(11-12-9(13)14-6)7-2-4-10-5-3-7/h2-6H,1H3,(H,12,13)/t6-/m0/s1. The average molecular weight is 207 g/mol. The second kappa shape index (κ2) is 3.79. The monoisotopic (exact) mass is 207 g/mol. The van der Waals surface area contributed by atoms with Gasteiger partial charge in [0.05, 0.1) is 11.0 Å². The van der Waals surface area contributed by atoms with Gasteiger partial charge >= 0.3 is 0 Å². The Hall–Kier alpha value is -1.36. The molecule has 1 aliphatic rings. The molecule has 2 heterocycles. The Balaban J connectivity index is 2.31. The fourth-order valence-electron chi connectivity index (χ4n) is 1.26. The van der Waals surface area contributed by atoms with Crippen LogP contribution >= 0.6 is 11.8 Å². The molecule has 4 nitrogen and oxygen atoms in total. The largest absolute Gasteiger partial charge is 0.299 e. The molecule has 0 unspecified atom stereocenters. The Labute approximate surface area is 85.8 Å². The van der Waals surface area contributed by atoms with Crippen molar-refractivity contribution in [2.45, 2.75) is 12.2 Å². The predicted molar refractivity (Wildman–Crippen MR) is 56.4 cm³/mol. The van der Waals surface area contributed by atoms with Gasteiger partial charge in [0.15, 0.2) is 0 Å². The van der Waals surface area contributed by atoms with E-state index in [-0.39, 0.29) is 10.5 Å². The first-order valence-corrected chi connectivity index (χ1v) is 5.10. The fourth-order valence-corrected chi connectivity index (χ4v) is 1.98. The molecule has 0 saturated carbocycles. The molecule has 1 atom stereocenters. The molecule has 0 radical (unpaired) electrons. The summed E-state index contributed by atoms with van der Waals surface area (Å²) in [6, 6.07) is 3.76. The number of carbonyl (C=O) groups excluding carboxylic acids is 1. The van der Waals surface area contributed by atoms with Crippen molar-refractivity contribution in [3.8, 4) is 0 Å². The predicted octanol–water partition coefficient (Wildman–Crippen LogP) is 1.63. The van der Waals surface area contributed by atoms with Crippen LogP contribution in [0.4, 0.5) is 4.79 Å². The lowest BCUT2D eigenvalue weighted by molar-refractivity contribution is 0.261. The highest BCUT2D eigenvalue weighted by atomic mass is 32.2. The molecule has 1 amide bonds. The Morgan fingerprint density at radius 2 is 2.14 bits per heavy atom. The van der Waals surface area contributed by atoms with Crippen LogP contribution < -0.4 is 5.43 Å². The number of hydrogen-bond acceptors (Lipinski definition) is 4. The number of carbonyl (C=O) groups is 1. The lowest BCUT2D eigenvalue weighted by atomic mass is 10.1. The second-order valence-corrected chi connectivity index (χ2v) is 4.21. The van der Waals surface area contributed by atoms with Crippen LogP contribution in [0.3, 0.4) is 0 Å². The number of thioether (sulfide) groups is 1. The minimum absolute atomic E-state index is 0.0890. The summed E-state index contributed by atoms with van der Waals surface area (Å²) in [7, 11) is 0. The molecule has 1 N–H and O–H groups in total. The van der Waals surface area contributed by atoms with Gasteiger partial charge in [0, 0.05) is 18.0 Å². The van der Waals surface area contributed by atoms with E-state index in [4.69, 9.17) is 0 Å². The van der Waals surface area contributed by atoms with Crippen molar-refractivity contribution in [2.75, 3.05) is 0 Å². The summed E-state index contributed by atoms with van der Waals surface area (Å²) in [5.74, 6) is 0. The van der Waals surface area contributed by atoms with E-state index in [2.05, 4.69) is 15.5 Å². The second-order valence-electron chi connectivity index (χ2n) is 2.89. The van der Waals surface area contributed by atoms with E-state index in [0.29, 0.717) is 0 Å². The molecule has 0 fully saturated rings. The van der Waals surface area contributed by atoms with E-state index in [1.165, 1.54) is 11.8 Å². The van der Waals surface area contributed by atoms with E-state index in [1.807, 2.05) is 19.1 Å². The van der Waals surface area contributed by atoms with E-state index < -0.39 is 0 Å². The van der Waals surface area contributed by atoms with Crippen molar-refractivity contribution in [3.63, 3.8) is 0 Å². The number of amides is 1. The zero-order valence-electron chi connectivity index (χ0n) is 7.60. The summed E-state index contributed by atoms with van der Waals surface area (Å²) < 4.78 is 0. The maximum Gasteiger partial charge on any atom is 0.299 e. The Kier molecular flexibility index (Phi) is 2.49. The number of hydrazone groups is 1. The quantitative estimate of drug-likeness (QED) is 0.761. The van der Waals surface area contributed by atoms with Gasteiger partial charge in [-0.1, -0.05) is 11.8 Å². The van der Waals surface area contributed by atoms with Gasteiger partial charge in [-0.3, -0.25) is 9.78 Å². The molecule has 1 aromatic rings. The van der Waals surface area contributed by atoms with Gasteiger partial charge < -0.3 is 0 Å². The molecule has 0 bridgehead atoms. The van der Waals surface area contributed by atoms with Crippen LogP contribution in [-0.2, 0) is 0 Å². The number of aromatic nitrogens is 1. The number of nitrogens with one attached hydrogen (secondary N) is 1. The summed E-state index contributed by atoms with van der Waals surface area (Å²) in [6.45, 7) is 1.96. The molecule has 0 spiro atoms. The molecule has 14 heavy (non-hydrogen) atoms. The van der Waals surface area contributed by atoms with Crippen LogP contribution in [0.25, 0.3) is 0 Å². The highest BCUT2D eigenvalue weighted by Gasteiger charge is 2.21. The normalized spacial score (nSPS) is 21.4. The van der Waals surface area contributed by atoms with Crippen molar-refractivity contribution in [1.29, 1.82) is 0 Å². The fraction of sp³-hybridized carbons (Fsp3) is 0.222. The number of pyridine rings is 1. The van der Waals surface area contributed by atoms with Gasteiger partial charge in [-0.2, -0.15) is 5.10 Å². The van der Waals surface area contributed by atoms with Gasteiger partial charge in [0.2, 0.25) is 0 Å². The van der Waals surface area contributed by atoms with Crippen LogP contribution in [0.2, 0.25) is 0 Å². The van der Waals surface area contributed by atoms with E-state index in [0.717, 1.165) is 11.3 Å². The Morgan fingerprint density at radius 3 is 2.79 bits per heavy atom. The first kappa shape index (κ1) is 9.21. The third-order valence-electron chi connectivity index (χ3n) is 1.91. The summed E-state index contributed by atoms with van der Waals surface area (Å²) in [4.78, 5) is 14.9. The smallest absolute Gasteiger partial charge is 0.265 e. The van der Waals surface area contributed by atoms with Crippen LogP contribution in [0.1, 0.15) is 12.5 Å². The number of rotatable bonds is 1. The molecule has 1 aliphatic heterocycles. The summed E-state index contributed by atoms with van der Waals surface area (Å²) >= 11 is 1.24. The molecular formula is C9H9N3OS. The highest BCUT2D eigenvalue weighted by molar-refractivity contribution is 8.14. The topological polar surface area (TPSA) is 54.4 Å². The molecule has 1 aromatic heterocycles. The lowest BCUT2D eigenvalue weighted by Crippen LogP contribution is -2.29. The molecule has 0 aromatic carbocycles. The van der Waals surface area contributed by atoms with Crippen molar-refractivity contribution < 1.29 is 4.79 Å². The minimum Gasteiger partial charge on any atom is -0.265 e. The molecular weight excluding hydrogens is 198 g/mol. The summed E-state index contributed by atoms with van der Waals surface area (Å²) in [5.41, 5.74) is 4.34. The lowest BCUT2D eigenvalue weighted by Gasteiger charge is -2.17. The van der Waals surface area contributed by atoms with Gasteiger partial charge in [0.25, 0.3) is 5.24 Å². The summed E-state index contributed by atoms with van der Waals surface area (Å²) in [5, 5.41) is 4.02. The first-order valence-electron chi connectivity index (χ1n) is 4.22. The first-order chi connectivity index (χ1) is 6.77. The average Bonchev–Trinajstić information content (AvgIpc) is 2.19. The van der Waals surface area contributed by atoms with Crippen LogP contribution in [0, 0.1) is 0 Å². The van der Waals surface area contributed by atoms with E-state index >= 15 is 0 Å². The van der Waals surface area contributed by atoms with E-state index in [1.54, 1.807) is 12.4 Å². The van der Waals surface area contributed by atoms with Gasteiger partial charge in [-0.05, 0) is 19.1 Å². The van der Waals surface area contributed by atoms with Gasteiger partial charge in [0.1, 0.15) is 0 Å². The van der Waals surface area contributed by atoms with Gasteiger partial charge in [-0.15, -0.1) is 0 Å². The highest BCUT2D eigenvalue weighted by Crippen LogP contribution is 2.20. The molecule has 0 saturated heterocycles. The van der Waals surface area contributed by atoms with Crippen molar-refractivity contribution in [3.05, 3.63) is 30.1 Å². The SMILES string of the molecule is C[C@@H]1SC(=O)NN=C1c1ccncc1. The minimum atomic E-state index is -0.102. The Bertz CT molecular complexity index is 377. The van der Waals surface area contributed by atoms with E-state index in [9.17, 15) is 4.79 Å². The van der Waals surface area contributed by atoms with Crippen LogP contribution in [0.5, 0.6) is 0 Å². The summed E-state index contributed by atoms with van der Waals surface area (Å²) in [6.07, 6.45) is 3.43. The number of nitrogens with zero attached hydrogens (tertiary/aromatic N) is 2. The van der Waals surface area contributed by atoms with Crippen molar-refractivity contribution >= 4 is 22.7 Å². The molecule has 0 aliphatic carbocycles. The van der Waals surface area contributed by atoms with Gasteiger partial charge in [-0.25, -0.2) is 5.43 Å². The molecule has 5 heteroatoms. The van der Waals surface area contributed by atoms with Crippen LogP contribution in [-0.4, -0.2) is 21.2 Å². The number of hydrogen-bond donors (Lipinski definition) is 1.